The van der Waals surface area contributed by atoms with Crippen molar-refractivity contribution in [3.8, 4) is 0 Å². The van der Waals surface area contributed by atoms with E-state index in [4.69, 9.17) is 0 Å². The van der Waals surface area contributed by atoms with Crippen LogP contribution in [0, 0.1) is 0 Å². The van der Waals surface area contributed by atoms with Gasteiger partial charge in [-0.05, 0) is 42.2 Å². The summed E-state index contributed by atoms with van der Waals surface area (Å²) in [6.07, 6.45) is 6.74. The van der Waals surface area contributed by atoms with Gasteiger partial charge in [-0.2, -0.15) is 0 Å². The number of fused-ring (bicyclic) bond motifs is 1. The predicted octanol–water partition coefficient (Wildman–Crippen LogP) is 1.92. The fraction of sp³-hybridized carbons (Fsp3) is 0.250. The molecular weight excluding hydrogens is 328 g/mol. The summed E-state index contributed by atoms with van der Waals surface area (Å²) in [5.41, 5.74) is 3.28. The Morgan fingerprint density at radius 1 is 1.12 bits per heavy atom. The van der Waals surface area contributed by atoms with Crippen LogP contribution in [-0.2, 0) is 22.4 Å². The molecule has 0 atom stereocenters. The van der Waals surface area contributed by atoms with Crippen LogP contribution in [0.1, 0.15) is 11.1 Å². The van der Waals surface area contributed by atoms with Crippen molar-refractivity contribution in [1.82, 2.24) is 20.2 Å². The summed E-state index contributed by atoms with van der Waals surface area (Å²) in [6.45, 7) is 0.906. The number of carbonyl (C=O) groups is 2. The number of H-pyrrole nitrogens is 1. The van der Waals surface area contributed by atoms with E-state index in [-0.39, 0.29) is 0 Å². The van der Waals surface area contributed by atoms with Crippen molar-refractivity contribution in [1.29, 1.82) is 0 Å². The third-order valence-electron chi connectivity index (χ3n) is 4.38. The molecule has 134 valence electrons. The van der Waals surface area contributed by atoms with Crippen molar-refractivity contribution in [2.24, 2.45) is 0 Å². The number of aromatic nitrogens is 2. The van der Waals surface area contributed by atoms with Gasteiger partial charge in [-0.15, -0.1) is 0 Å². The Balaban J connectivity index is 1.45. The zero-order valence-corrected chi connectivity index (χ0v) is 14.7. The van der Waals surface area contributed by atoms with Gasteiger partial charge in [0.1, 0.15) is 0 Å². The van der Waals surface area contributed by atoms with Gasteiger partial charge in [0.2, 0.25) is 0 Å². The number of amides is 2. The molecule has 0 bridgehead atoms. The minimum atomic E-state index is -0.568. The number of hydrogen-bond acceptors (Lipinski definition) is 3. The molecular formula is C20H22N4O2. The summed E-state index contributed by atoms with van der Waals surface area (Å²) in [4.78, 5) is 32.8. The summed E-state index contributed by atoms with van der Waals surface area (Å²) < 4.78 is 0. The van der Waals surface area contributed by atoms with Crippen molar-refractivity contribution in [2.75, 3.05) is 20.1 Å². The molecule has 0 radical (unpaired) electrons. The Kier molecular flexibility index (Phi) is 5.63. The lowest BCUT2D eigenvalue weighted by atomic mass is 10.1. The zero-order valence-electron chi connectivity index (χ0n) is 14.7. The SMILES string of the molecule is CN(CCc1ccncc1)C(=O)C(=O)NCCc1c[nH]c2ccccc12. The highest BCUT2D eigenvalue weighted by molar-refractivity contribution is 6.34. The maximum absolute atomic E-state index is 12.2. The zero-order chi connectivity index (χ0) is 18.4. The van der Waals surface area contributed by atoms with Gasteiger partial charge >= 0.3 is 11.8 Å². The smallest absolute Gasteiger partial charge is 0.311 e. The molecule has 0 fully saturated rings. The van der Waals surface area contributed by atoms with Gasteiger partial charge in [-0.25, -0.2) is 0 Å². The highest BCUT2D eigenvalue weighted by Crippen LogP contribution is 2.17. The molecule has 0 unspecified atom stereocenters. The van der Waals surface area contributed by atoms with Crippen molar-refractivity contribution in [3.05, 3.63) is 66.1 Å². The number of likely N-dealkylation sites (N-methyl/N-ethyl adjacent to an activating group) is 1. The Morgan fingerprint density at radius 2 is 1.88 bits per heavy atom. The van der Waals surface area contributed by atoms with E-state index in [1.165, 1.54) is 4.90 Å². The third-order valence-corrected chi connectivity index (χ3v) is 4.38. The van der Waals surface area contributed by atoms with Crippen molar-refractivity contribution < 1.29 is 9.59 Å². The Hall–Kier alpha value is -3.15. The molecule has 3 rings (SSSR count). The third kappa shape index (κ3) is 4.27. The lowest BCUT2D eigenvalue weighted by Gasteiger charge is -2.16. The first-order valence-electron chi connectivity index (χ1n) is 8.62. The van der Waals surface area contributed by atoms with E-state index in [2.05, 4.69) is 15.3 Å². The van der Waals surface area contributed by atoms with E-state index in [1.54, 1.807) is 19.4 Å². The van der Waals surface area contributed by atoms with E-state index in [1.807, 2.05) is 42.6 Å². The molecule has 0 saturated heterocycles. The maximum Gasteiger partial charge on any atom is 0.311 e. The van der Waals surface area contributed by atoms with Gasteiger partial charge < -0.3 is 15.2 Å². The quantitative estimate of drug-likeness (QED) is 0.667. The maximum atomic E-state index is 12.2. The van der Waals surface area contributed by atoms with Crippen LogP contribution in [0.15, 0.2) is 55.0 Å². The average molecular weight is 350 g/mol. The van der Waals surface area contributed by atoms with Gasteiger partial charge in [-0.3, -0.25) is 14.6 Å². The highest BCUT2D eigenvalue weighted by Gasteiger charge is 2.18. The predicted molar refractivity (Wildman–Crippen MR) is 101 cm³/mol. The van der Waals surface area contributed by atoms with Gasteiger partial charge in [0.05, 0.1) is 0 Å². The fourth-order valence-corrected chi connectivity index (χ4v) is 2.85. The fourth-order valence-electron chi connectivity index (χ4n) is 2.85. The topological polar surface area (TPSA) is 78.1 Å². The van der Waals surface area contributed by atoms with Crippen LogP contribution in [-0.4, -0.2) is 46.8 Å². The standard InChI is InChI=1S/C20H22N4O2/c1-24(13-9-15-6-10-21-11-7-15)20(26)19(25)22-12-8-16-14-23-18-5-3-2-4-17(16)18/h2-7,10-11,14,23H,8-9,12-13H2,1H3,(H,22,25). The second kappa shape index (κ2) is 8.29. The van der Waals surface area contributed by atoms with Crippen LogP contribution >= 0.6 is 0 Å². The van der Waals surface area contributed by atoms with E-state index < -0.39 is 11.8 Å². The number of pyridine rings is 1. The van der Waals surface area contributed by atoms with Crippen LogP contribution in [0.5, 0.6) is 0 Å². The molecule has 6 nitrogen and oxygen atoms in total. The Bertz CT molecular complexity index is 889. The molecule has 0 aliphatic heterocycles. The molecule has 3 aromatic rings. The normalized spacial score (nSPS) is 10.7. The van der Waals surface area contributed by atoms with Gasteiger partial charge in [0.25, 0.3) is 0 Å². The number of hydrogen-bond donors (Lipinski definition) is 2. The second-order valence-electron chi connectivity index (χ2n) is 6.20. The van der Waals surface area contributed by atoms with Gasteiger partial charge in [0, 0.05) is 49.6 Å². The van der Waals surface area contributed by atoms with Crippen LogP contribution < -0.4 is 5.32 Å². The van der Waals surface area contributed by atoms with E-state index in [0.717, 1.165) is 22.0 Å². The minimum absolute atomic E-state index is 0.421. The van der Waals surface area contributed by atoms with Crippen LogP contribution in [0.3, 0.4) is 0 Å². The number of nitrogens with one attached hydrogen (secondary N) is 2. The molecule has 2 heterocycles. The van der Waals surface area contributed by atoms with Crippen LogP contribution in [0.2, 0.25) is 0 Å². The number of nitrogens with zero attached hydrogens (tertiary/aromatic N) is 2. The van der Waals surface area contributed by atoms with Crippen LogP contribution in [0.25, 0.3) is 10.9 Å². The van der Waals surface area contributed by atoms with Crippen molar-refractivity contribution in [3.63, 3.8) is 0 Å². The van der Waals surface area contributed by atoms with Crippen LogP contribution in [0.4, 0.5) is 0 Å². The number of rotatable bonds is 6. The molecule has 0 aliphatic rings. The number of aromatic amines is 1. The first-order valence-corrected chi connectivity index (χ1v) is 8.62. The highest BCUT2D eigenvalue weighted by atomic mass is 16.2. The Labute approximate surface area is 152 Å². The van der Waals surface area contributed by atoms with Gasteiger partial charge in [0.15, 0.2) is 0 Å². The van der Waals surface area contributed by atoms with Gasteiger partial charge in [-0.1, -0.05) is 18.2 Å². The van der Waals surface area contributed by atoms with Crippen molar-refractivity contribution in [2.45, 2.75) is 12.8 Å². The lowest BCUT2D eigenvalue weighted by molar-refractivity contribution is -0.144. The molecule has 26 heavy (non-hydrogen) atoms. The van der Waals surface area contributed by atoms with E-state index >= 15 is 0 Å². The van der Waals surface area contributed by atoms with Crippen molar-refractivity contribution >= 4 is 22.7 Å². The summed E-state index contributed by atoms with van der Waals surface area (Å²) >= 11 is 0. The largest absolute Gasteiger partial charge is 0.361 e. The minimum Gasteiger partial charge on any atom is -0.361 e. The first kappa shape index (κ1) is 17.7. The average Bonchev–Trinajstić information content (AvgIpc) is 3.09. The molecule has 0 aliphatic carbocycles. The number of para-hydroxylation sites is 1. The monoisotopic (exact) mass is 350 g/mol. The first-order chi connectivity index (χ1) is 12.6. The summed E-state index contributed by atoms with van der Waals surface area (Å²) in [6, 6.07) is 11.8. The lowest BCUT2D eigenvalue weighted by Crippen LogP contribution is -2.42. The van der Waals surface area contributed by atoms with E-state index in [9.17, 15) is 9.59 Å². The summed E-state index contributed by atoms with van der Waals surface area (Å²) in [7, 11) is 1.64. The number of benzene rings is 1. The Morgan fingerprint density at radius 3 is 2.69 bits per heavy atom. The molecule has 0 saturated carbocycles. The molecule has 0 spiro atoms. The van der Waals surface area contributed by atoms with E-state index in [0.29, 0.717) is 25.9 Å². The molecule has 6 heteroatoms. The summed E-state index contributed by atoms with van der Waals surface area (Å²) in [5, 5.41) is 3.85. The molecule has 1 aromatic carbocycles. The molecule has 2 aromatic heterocycles. The molecule has 2 amide bonds. The second-order valence-corrected chi connectivity index (χ2v) is 6.20. The number of carbonyl (C=O) groups excluding carboxylic acids is 2. The summed E-state index contributed by atoms with van der Waals surface area (Å²) in [5.74, 6) is -1.08. The molecule has 2 N–H and O–H groups in total.